The van der Waals surface area contributed by atoms with Crippen molar-refractivity contribution in [2.24, 2.45) is 0 Å². The molecular weight excluding hydrogens is 350 g/mol. The number of H-pyrrole nitrogens is 1. The van der Waals surface area contributed by atoms with Crippen LogP contribution in [0, 0.1) is 0 Å². The molecule has 5 nitrogen and oxygen atoms in total. The molecule has 0 saturated heterocycles. The molecule has 3 aromatic rings. The summed E-state index contributed by atoms with van der Waals surface area (Å²) in [5, 5.41) is 11.6. The van der Waals surface area contributed by atoms with Gasteiger partial charge in [-0.3, -0.25) is 9.69 Å². The molecule has 2 N–H and O–H groups in total. The van der Waals surface area contributed by atoms with Crippen molar-refractivity contribution >= 4 is 22.5 Å². The van der Waals surface area contributed by atoms with Gasteiger partial charge < -0.3 is 10.1 Å². The van der Waals surface area contributed by atoms with Crippen LogP contribution in [0.2, 0.25) is 5.02 Å². The molecule has 1 aromatic heterocycles. The molecule has 0 radical (unpaired) electrons. The second kappa shape index (κ2) is 8.45. The first-order valence-corrected chi connectivity index (χ1v) is 9.08. The van der Waals surface area contributed by atoms with E-state index in [0.29, 0.717) is 34.8 Å². The number of nitrogens with one attached hydrogen (secondary N) is 1. The molecular formula is C20H22ClN3O2. The third-order valence-electron chi connectivity index (χ3n) is 4.25. The molecule has 1 heterocycles. The Labute approximate surface area is 157 Å². The van der Waals surface area contributed by atoms with Gasteiger partial charge in [-0.1, -0.05) is 48.9 Å². The fourth-order valence-corrected chi connectivity index (χ4v) is 3.19. The van der Waals surface area contributed by atoms with Crippen molar-refractivity contribution in [2.75, 3.05) is 13.1 Å². The van der Waals surface area contributed by atoms with Gasteiger partial charge in [-0.25, -0.2) is 4.98 Å². The zero-order valence-corrected chi connectivity index (χ0v) is 15.4. The number of aromatic nitrogens is 2. The summed E-state index contributed by atoms with van der Waals surface area (Å²) in [5.74, 6) is 0.568. The molecule has 26 heavy (non-hydrogen) atoms. The fourth-order valence-electron chi connectivity index (χ4n) is 3.02. The molecule has 0 unspecified atom stereocenters. The normalized spacial score (nSPS) is 12.6. The highest BCUT2D eigenvalue weighted by Crippen LogP contribution is 2.17. The van der Waals surface area contributed by atoms with Crippen LogP contribution in [0.5, 0.6) is 0 Å². The van der Waals surface area contributed by atoms with Crippen molar-refractivity contribution < 1.29 is 5.11 Å². The predicted molar refractivity (Wildman–Crippen MR) is 104 cm³/mol. The Hall–Kier alpha value is -2.21. The van der Waals surface area contributed by atoms with Crippen LogP contribution in [0.4, 0.5) is 0 Å². The number of rotatable bonds is 7. The molecule has 6 heteroatoms. The first-order chi connectivity index (χ1) is 12.6. The van der Waals surface area contributed by atoms with E-state index in [1.165, 1.54) is 0 Å². The van der Waals surface area contributed by atoms with E-state index in [9.17, 15) is 9.90 Å². The summed E-state index contributed by atoms with van der Waals surface area (Å²) in [7, 11) is 0. The molecule has 2 aromatic carbocycles. The molecule has 0 aliphatic heterocycles. The minimum Gasteiger partial charge on any atom is -0.387 e. The molecule has 1 atom stereocenters. The van der Waals surface area contributed by atoms with Crippen LogP contribution in [0.3, 0.4) is 0 Å². The topological polar surface area (TPSA) is 69.2 Å². The van der Waals surface area contributed by atoms with Crippen molar-refractivity contribution in [2.45, 2.75) is 26.0 Å². The highest BCUT2D eigenvalue weighted by molar-refractivity contribution is 6.31. The van der Waals surface area contributed by atoms with E-state index in [0.717, 1.165) is 18.5 Å². The van der Waals surface area contributed by atoms with E-state index in [1.807, 2.05) is 30.3 Å². The Bertz CT molecular complexity index is 927. The standard InChI is InChI=1S/C20H22ClN3O2/c1-2-10-24(12-18(25)14-6-4-3-5-7-14)13-19-22-17-11-15(21)8-9-16(17)20(26)23-19/h3-9,11,18,25H,2,10,12-13H2,1H3,(H,22,23,26)/t18-/m0/s1. The molecule has 0 amide bonds. The lowest BCUT2D eigenvalue weighted by molar-refractivity contribution is 0.107. The van der Waals surface area contributed by atoms with Gasteiger partial charge in [-0.05, 0) is 36.7 Å². The van der Waals surface area contributed by atoms with Crippen molar-refractivity contribution in [1.29, 1.82) is 0 Å². The largest absolute Gasteiger partial charge is 0.387 e. The second-order valence-corrected chi connectivity index (χ2v) is 6.77. The lowest BCUT2D eigenvalue weighted by Gasteiger charge is -2.24. The summed E-state index contributed by atoms with van der Waals surface area (Å²) < 4.78 is 0. The van der Waals surface area contributed by atoms with E-state index in [1.54, 1.807) is 18.2 Å². The number of nitrogens with zero attached hydrogens (tertiary/aromatic N) is 2. The van der Waals surface area contributed by atoms with Crippen LogP contribution < -0.4 is 5.56 Å². The first kappa shape index (κ1) is 18.6. The Balaban J connectivity index is 1.81. The highest BCUT2D eigenvalue weighted by atomic mass is 35.5. The second-order valence-electron chi connectivity index (χ2n) is 6.34. The predicted octanol–water partition coefficient (Wildman–Crippen LogP) is 3.52. The van der Waals surface area contributed by atoms with Crippen LogP contribution in [0.25, 0.3) is 10.9 Å². The number of aromatic amines is 1. The summed E-state index contributed by atoms with van der Waals surface area (Å²) in [6.45, 7) is 3.80. The molecule has 0 bridgehead atoms. The first-order valence-electron chi connectivity index (χ1n) is 8.70. The molecule has 0 saturated carbocycles. The van der Waals surface area contributed by atoms with Gasteiger partial charge in [-0.15, -0.1) is 0 Å². The van der Waals surface area contributed by atoms with Gasteiger partial charge in [0.2, 0.25) is 0 Å². The van der Waals surface area contributed by atoms with E-state index < -0.39 is 6.10 Å². The van der Waals surface area contributed by atoms with Gasteiger partial charge in [0, 0.05) is 11.6 Å². The summed E-state index contributed by atoms with van der Waals surface area (Å²) in [4.78, 5) is 21.8. The van der Waals surface area contributed by atoms with Gasteiger partial charge in [0.25, 0.3) is 5.56 Å². The third kappa shape index (κ3) is 4.49. The highest BCUT2D eigenvalue weighted by Gasteiger charge is 2.15. The van der Waals surface area contributed by atoms with Crippen molar-refractivity contribution in [3.8, 4) is 0 Å². The van der Waals surface area contributed by atoms with Crippen molar-refractivity contribution in [1.82, 2.24) is 14.9 Å². The molecule has 3 rings (SSSR count). The van der Waals surface area contributed by atoms with Crippen molar-refractivity contribution in [3.63, 3.8) is 0 Å². The third-order valence-corrected chi connectivity index (χ3v) is 4.48. The quantitative estimate of drug-likeness (QED) is 0.666. The van der Waals surface area contributed by atoms with E-state index in [2.05, 4.69) is 21.8 Å². The molecule has 0 aliphatic carbocycles. The van der Waals surface area contributed by atoms with Crippen LogP contribution in [-0.2, 0) is 6.54 Å². The maximum Gasteiger partial charge on any atom is 0.258 e. The van der Waals surface area contributed by atoms with Crippen LogP contribution in [0.1, 0.15) is 30.8 Å². The minimum absolute atomic E-state index is 0.179. The SMILES string of the molecule is CCCN(Cc1nc2cc(Cl)ccc2c(=O)[nH]1)C[C@H](O)c1ccccc1. The monoisotopic (exact) mass is 371 g/mol. The van der Waals surface area contributed by atoms with E-state index >= 15 is 0 Å². The van der Waals surface area contributed by atoms with Crippen LogP contribution >= 0.6 is 11.6 Å². The minimum atomic E-state index is -0.593. The summed E-state index contributed by atoms with van der Waals surface area (Å²) >= 11 is 6.02. The van der Waals surface area contributed by atoms with Crippen molar-refractivity contribution in [3.05, 3.63) is 75.3 Å². The molecule has 0 aliphatic rings. The number of fused-ring (bicyclic) bond motifs is 1. The Morgan fingerprint density at radius 2 is 2.00 bits per heavy atom. The van der Waals surface area contributed by atoms with Gasteiger partial charge in [0.05, 0.1) is 23.6 Å². The molecule has 136 valence electrons. The van der Waals surface area contributed by atoms with Gasteiger partial charge in [-0.2, -0.15) is 0 Å². The lowest BCUT2D eigenvalue weighted by atomic mass is 10.1. The van der Waals surface area contributed by atoms with Crippen LogP contribution in [-0.4, -0.2) is 33.1 Å². The zero-order valence-electron chi connectivity index (χ0n) is 14.7. The maximum atomic E-state index is 12.3. The fraction of sp³-hybridized carbons (Fsp3) is 0.300. The van der Waals surface area contributed by atoms with Gasteiger partial charge >= 0.3 is 0 Å². The van der Waals surface area contributed by atoms with Gasteiger partial charge in [0.1, 0.15) is 5.82 Å². The number of benzene rings is 2. The number of aliphatic hydroxyl groups is 1. The average Bonchev–Trinajstić information content (AvgIpc) is 2.62. The average molecular weight is 372 g/mol. The number of halogens is 1. The lowest BCUT2D eigenvalue weighted by Crippen LogP contribution is -2.30. The van der Waals surface area contributed by atoms with Gasteiger partial charge in [0.15, 0.2) is 0 Å². The van der Waals surface area contributed by atoms with E-state index in [4.69, 9.17) is 11.6 Å². The number of aliphatic hydroxyl groups excluding tert-OH is 1. The van der Waals surface area contributed by atoms with E-state index in [-0.39, 0.29) is 5.56 Å². The molecule has 0 spiro atoms. The number of hydrogen-bond donors (Lipinski definition) is 2. The smallest absolute Gasteiger partial charge is 0.258 e. The summed E-state index contributed by atoms with van der Waals surface area (Å²) in [6.07, 6.45) is 0.342. The van der Waals surface area contributed by atoms with Crippen LogP contribution in [0.15, 0.2) is 53.3 Å². The Kier molecular flexibility index (Phi) is 6.04. The Morgan fingerprint density at radius 1 is 1.23 bits per heavy atom. The summed E-state index contributed by atoms with van der Waals surface area (Å²) in [5.41, 5.74) is 1.28. The molecule has 0 fully saturated rings. The maximum absolute atomic E-state index is 12.3. The number of hydrogen-bond acceptors (Lipinski definition) is 4. The summed E-state index contributed by atoms with van der Waals surface area (Å²) in [6, 6.07) is 14.6. The zero-order chi connectivity index (χ0) is 18.5. The Morgan fingerprint density at radius 3 is 2.73 bits per heavy atom.